The molecule has 4 rings (SSSR count). The lowest BCUT2D eigenvalue weighted by atomic mass is 10.1. The molecule has 0 N–H and O–H groups in total. The number of hydrogen-bond donors (Lipinski definition) is 0. The van der Waals surface area contributed by atoms with Crippen molar-refractivity contribution in [1.82, 2.24) is 20.0 Å². The number of rotatable bonds is 8. The smallest absolute Gasteiger partial charge is 0.213 e. The minimum absolute atomic E-state index is 0.156. The molecule has 0 atom stereocenters. The lowest BCUT2D eigenvalue weighted by Crippen LogP contribution is -2.06. The van der Waals surface area contributed by atoms with E-state index in [9.17, 15) is 4.79 Å². The highest BCUT2D eigenvalue weighted by Crippen LogP contribution is 2.33. The van der Waals surface area contributed by atoms with Gasteiger partial charge in [0.15, 0.2) is 5.78 Å². The lowest BCUT2D eigenvalue weighted by Gasteiger charge is -2.08. The number of Topliss-reactive ketones (excluding diaryl/α,β-unsaturated/α-hetero) is 1. The number of nitrogens with zero attached hydrogens (tertiary/aromatic N) is 4. The monoisotopic (exact) mass is 362 g/mol. The molecule has 1 aromatic carbocycles. The SMILES string of the molecule is Cn1nnc(-c2ccccc2)c1COc1ccc(C(=O)CCC2CC2)cn1. The highest BCUT2D eigenvalue weighted by Gasteiger charge is 2.22. The second-order valence-corrected chi connectivity index (χ2v) is 6.95. The molecule has 1 aliphatic rings. The Labute approximate surface area is 158 Å². The van der Waals surface area contributed by atoms with Gasteiger partial charge in [-0.25, -0.2) is 9.67 Å². The van der Waals surface area contributed by atoms with Crippen LogP contribution < -0.4 is 4.74 Å². The average molecular weight is 362 g/mol. The van der Waals surface area contributed by atoms with Crippen LogP contribution in [0, 0.1) is 5.92 Å². The fourth-order valence-corrected chi connectivity index (χ4v) is 3.02. The average Bonchev–Trinajstić information content (AvgIpc) is 3.47. The number of hydrogen-bond acceptors (Lipinski definition) is 5. The van der Waals surface area contributed by atoms with Crippen molar-refractivity contribution < 1.29 is 9.53 Å². The van der Waals surface area contributed by atoms with E-state index in [4.69, 9.17) is 4.74 Å². The van der Waals surface area contributed by atoms with Gasteiger partial charge in [0.1, 0.15) is 18.0 Å². The zero-order valence-corrected chi connectivity index (χ0v) is 15.3. The minimum Gasteiger partial charge on any atom is -0.471 e. The van der Waals surface area contributed by atoms with Crippen LogP contribution in [0.2, 0.25) is 0 Å². The fourth-order valence-electron chi connectivity index (χ4n) is 3.02. The molecule has 3 aromatic rings. The first-order valence-electron chi connectivity index (χ1n) is 9.27. The Morgan fingerprint density at radius 3 is 2.70 bits per heavy atom. The third-order valence-electron chi connectivity index (χ3n) is 4.88. The Kier molecular flexibility index (Phi) is 4.96. The summed E-state index contributed by atoms with van der Waals surface area (Å²) in [5.74, 6) is 1.40. The van der Waals surface area contributed by atoms with E-state index in [2.05, 4.69) is 15.3 Å². The molecule has 0 aliphatic heterocycles. The maximum atomic E-state index is 12.2. The van der Waals surface area contributed by atoms with E-state index >= 15 is 0 Å². The van der Waals surface area contributed by atoms with Crippen LogP contribution in [0.4, 0.5) is 0 Å². The van der Waals surface area contributed by atoms with Gasteiger partial charge in [-0.2, -0.15) is 0 Å². The standard InChI is InChI=1S/C21H22N4O2/c1-25-18(21(23-24-25)16-5-3-2-4-6-16)14-27-20-12-10-17(13-22-20)19(26)11-9-15-7-8-15/h2-6,10,12-13,15H,7-9,11,14H2,1H3. The van der Waals surface area contributed by atoms with Gasteiger partial charge >= 0.3 is 0 Å². The predicted octanol–water partition coefficient (Wildman–Crippen LogP) is 3.83. The van der Waals surface area contributed by atoms with E-state index in [-0.39, 0.29) is 5.78 Å². The maximum Gasteiger partial charge on any atom is 0.213 e. The van der Waals surface area contributed by atoms with Crippen LogP contribution in [0.5, 0.6) is 5.88 Å². The zero-order valence-electron chi connectivity index (χ0n) is 15.3. The first-order valence-corrected chi connectivity index (χ1v) is 9.27. The molecule has 27 heavy (non-hydrogen) atoms. The molecular weight excluding hydrogens is 340 g/mol. The van der Waals surface area contributed by atoms with Gasteiger partial charge in [0.25, 0.3) is 0 Å². The van der Waals surface area contributed by atoms with Crippen molar-refractivity contribution in [3.8, 4) is 17.1 Å². The van der Waals surface area contributed by atoms with Crippen molar-refractivity contribution in [1.29, 1.82) is 0 Å². The van der Waals surface area contributed by atoms with Gasteiger partial charge < -0.3 is 4.74 Å². The molecule has 2 heterocycles. The van der Waals surface area contributed by atoms with Crippen molar-refractivity contribution in [3.05, 3.63) is 59.9 Å². The van der Waals surface area contributed by atoms with Gasteiger partial charge in [-0.3, -0.25) is 4.79 Å². The molecule has 0 bridgehead atoms. The fraction of sp³-hybridized carbons (Fsp3) is 0.333. The summed E-state index contributed by atoms with van der Waals surface area (Å²) < 4.78 is 7.52. The summed E-state index contributed by atoms with van der Waals surface area (Å²) in [7, 11) is 1.84. The van der Waals surface area contributed by atoms with Crippen LogP contribution in [0.15, 0.2) is 48.7 Å². The molecule has 0 spiro atoms. The van der Waals surface area contributed by atoms with Crippen molar-refractivity contribution >= 4 is 5.78 Å². The molecule has 0 saturated heterocycles. The molecule has 1 saturated carbocycles. The van der Waals surface area contributed by atoms with Crippen LogP contribution in [-0.2, 0) is 13.7 Å². The number of ether oxygens (including phenoxy) is 1. The summed E-state index contributed by atoms with van der Waals surface area (Å²) in [6.07, 6.45) is 5.74. The molecular formula is C21H22N4O2. The third-order valence-corrected chi connectivity index (χ3v) is 4.88. The largest absolute Gasteiger partial charge is 0.471 e. The van der Waals surface area contributed by atoms with Crippen molar-refractivity contribution in [3.63, 3.8) is 0 Å². The highest BCUT2D eigenvalue weighted by molar-refractivity contribution is 5.95. The molecule has 6 nitrogen and oxygen atoms in total. The Bertz CT molecular complexity index is 915. The van der Waals surface area contributed by atoms with Gasteiger partial charge in [-0.15, -0.1) is 5.10 Å². The van der Waals surface area contributed by atoms with Gasteiger partial charge in [-0.1, -0.05) is 48.4 Å². The molecule has 0 unspecified atom stereocenters. The van der Waals surface area contributed by atoms with E-state index in [1.165, 1.54) is 12.8 Å². The topological polar surface area (TPSA) is 69.9 Å². The number of carbonyl (C=O) groups excluding carboxylic acids is 1. The molecule has 0 radical (unpaired) electrons. The van der Waals surface area contributed by atoms with Gasteiger partial charge in [0.2, 0.25) is 5.88 Å². The Balaban J connectivity index is 1.40. The molecule has 2 aromatic heterocycles. The van der Waals surface area contributed by atoms with Crippen molar-refractivity contribution in [2.45, 2.75) is 32.3 Å². The summed E-state index contributed by atoms with van der Waals surface area (Å²) in [5.41, 5.74) is 3.31. The number of benzene rings is 1. The number of aromatic nitrogens is 4. The summed E-state index contributed by atoms with van der Waals surface area (Å²) in [6.45, 7) is 0.301. The summed E-state index contributed by atoms with van der Waals surface area (Å²) in [4.78, 5) is 16.5. The van der Waals surface area contributed by atoms with E-state index in [1.54, 1.807) is 23.0 Å². The van der Waals surface area contributed by atoms with E-state index in [0.29, 0.717) is 24.5 Å². The van der Waals surface area contributed by atoms with Crippen LogP contribution in [0.25, 0.3) is 11.3 Å². The van der Waals surface area contributed by atoms with Gasteiger partial charge in [-0.05, 0) is 18.4 Å². The third kappa shape index (κ3) is 4.22. The number of carbonyl (C=O) groups is 1. The second-order valence-electron chi connectivity index (χ2n) is 6.95. The Morgan fingerprint density at radius 1 is 1.19 bits per heavy atom. The lowest BCUT2D eigenvalue weighted by molar-refractivity contribution is 0.0977. The molecule has 1 fully saturated rings. The molecule has 1 aliphatic carbocycles. The van der Waals surface area contributed by atoms with Crippen LogP contribution in [-0.4, -0.2) is 25.8 Å². The molecule has 138 valence electrons. The Morgan fingerprint density at radius 2 is 2.00 bits per heavy atom. The second kappa shape index (κ2) is 7.70. The van der Waals surface area contributed by atoms with Crippen LogP contribution in [0.3, 0.4) is 0 Å². The first-order chi connectivity index (χ1) is 13.2. The summed E-state index contributed by atoms with van der Waals surface area (Å²) in [5, 5.41) is 8.35. The number of aryl methyl sites for hydroxylation is 1. The van der Waals surface area contributed by atoms with Crippen LogP contribution >= 0.6 is 0 Å². The number of ketones is 1. The zero-order chi connectivity index (χ0) is 18.6. The summed E-state index contributed by atoms with van der Waals surface area (Å²) in [6, 6.07) is 13.4. The van der Waals surface area contributed by atoms with E-state index < -0.39 is 0 Å². The normalized spacial score (nSPS) is 13.5. The summed E-state index contributed by atoms with van der Waals surface area (Å²) >= 11 is 0. The van der Waals surface area contributed by atoms with Crippen LogP contribution in [0.1, 0.15) is 41.7 Å². The Hall–Kier alpha value is -3.02. The molecule has 0 amide bonds. The van der Waals surface area contributed by atoms with Gasteiger partial charge in [0, 0.05) is 36.9 Å². The van der Waals surface area contributed by atoms with Gasteiger partial charge in [0.05, 0.1) is 0 Å². The number of pyridine rings is 1. The van der Waals surface area contributed by atoms with E-state index in [0.717, 1.165) is 29.3 Å². The minimum atomic E-state index is 0.156. The van der Waals surface area contributed by atoms with Crippen molar-refractivity contribution in [2.24, 2.45) is 13.0 Å². The molecule has 6 heteroatoms. The quantitative estimate of drug-likeness (QED) is 0.570. The first kappa shape index (κ1) is 17.4. The van der Waals surface area contributed by atoms with E-state index in [1.807, 2.05) is 37.4 Å². The highest BCUT2D eigenvalue weighted by atomic mass is 16.5. The van der Waals surface area contributed by atoms with Crippen molar-refractivity contribution in [2.75, 3.05) is 0 Å². The predicted molar refractivity (Wildman–Crippen MR) is 101 cm³/mol. The maximum absolute atomic E-state index is 12.2.